The van der Waals surface area contributed by atoms with E-state index in [1.165, 1.54) is 16.5 Å². The van der Waals surface area contributed by atoms with E-state index in [4.69, 9.17) is 4.74 Å². The lowest BCUT2D eigenvalue weighted by Gasteiger charge is -2.24. The van der Waals surface area contributed by atoms with Crippen LogP contribution in [0.15, 0.2) is 35.5 Å². The van der Waals surface area contributed by atoms with Gasteiger partial charge in [0.15, 0.2) is 0 Å². The fourth-order valence-corrected chi connectivity index (χ4v) is 4.33. The van der Waals surface area contributed by atoms with Crippen LogP contribution in [-0.2, 0) is 11.5 Å². The first-order valence-electron chi connectivity index (χ1n) is 9.75. The van der Waals surface area contributed by atoms with Gasteiger partial charge in [-0.1, -0.05) is 13.8 Å². The van der Waals surface area contributed by atoms with Gasteiger partial charge in [-0.2, -0.15) is 5.10 Å². The summed E-state index contributed by atoms with van der Waals surface area (Å²) in [5.74, 6) is 1.12. The van der Waals surface area contributed by atoms with Gasteiger partial charge in [-0.25, -0.2) is 19.7 Å². The molecule has 0 spiro atoms. The Labute approximate surface area is 177 Å². The Hall–Kier alpha value is -1.31. The van der Waals surface area contributed by atoms with Gasteiger partial charge in [-0.15, -0.1) is 0 Å². The van der Waals surface area contributed by atoms with Crippen LogP contribution >= 0.6 is 26.0 Å². The van der Waals surface area contributed by atoms with Gasteiger partial charge in [-0.05, 0) is 53.6 Å². The van der Waals surface area contributed by atoms with Crippen LogP contribution in [0, 0.1) is 0 Å². The number of hydrogen-bond acceptors (Lipinski definition) is 3. The molecular weight excluding hydrogens is 436 g/mol. The van der Waals surface area contributed by atoms with Gasteiger partial charge >= 0.3 is 0 Å². The number of halogens is 1. The second kappa shape index (κ2) is 9.01. The summed E-state index contributed by atoms with van der Waals surface area (Å²) in [6.07, 6.45) is 17.3. The molecule has 5 nitrogen and oxygen atoms in total. The lowest BCUT2D eigenvalue weighted by Crippen LogP contribution is -2.10. The van der Waals surface area contributed by atoms with E-state index in [9.17, 15) is 0 Å². The molecule has 3 heterocycles. The molecule has 154 valence electrons. The monoisotopic (exact) mass is 466 g/mol. The molecule has 3 aromatic rings. The van der Waals surface area contributed by atoms with Crippen molar-refractivity contribution < 1.29 is 4.74 Å². The summed E-state index contributed by atoms with van der Waals surface area (Å²) in [6, 6.07) is 2.57. The number of nitrogens with zero attached hydrogens (tertiary/aromatic N) is 4. The molecule has 0 N–H and O–H groups in total. The molecule has 3 aromatic heterocycles. The van der Waals surface area contributed by atoms with Gasteiger partial charge in [-0.3, -0.25) is 0 Å². The van der Waals surface area contributed by atoms with Crippen LogP contribution in [-0.4, -0.2) is 50.5 Å². The zero-order valence-electron chi connectivity index (χ0n) is 17.5. The van der Waals surface area contributed by atoms with Crippen molar-refractivity contribution in [2.75, 3.05) is 31.1 Å². The molecule has 0 aliphatic heterocycles. The first-order chi connectivity index (χ1) is 13.3. The van der Waals surface area contributed by atoms with E-state index in [0.29, 0.717) is 12.8 Å². The first-order valence-corrected chi connectivity index (χ1v) is 13.6. The number of fused-ring (bicyclic) bond motifs is 1. The van der Waals surface area contributed by atoms with Crippen LogP contribution in [0.4, 0.5) is 0 Å². The summed E-state index contributed by atoms with van der Waals surface area (Å²) in [7, 11) is -0.523. The molecule has 0 amide bonds. The molecule has 7 heteroatoms. The van der Waals surface area contributed by atoms with E-state index in [1.54, 1.807) is 0 Å². The molecule has 0 bridgehead atoms. The first kappa shape index (κ1) is 21.4. The lowest BCUT2D eigenvalue weighted by molar-refractivity contribution is 0.0809. The maximum absolute atomic E-state index is 5.83. The number of pyridine rings is 1. The Balaban J connectivity index is 1.85. The molecular formula is C21H31BrN4OS. The van der Waals surface area contributed by atoms with E-state index in [0.717, 1.165) is 35.4 Å². The van der Waals surface area contributed by atoms with Gasteiger partial charge in [0.1, 0.15) is 11.3 Å². The normalized spacial score (nSPS) is 13.0. The van der Waals surface area contributed by atoms with Crippen LogP contribution in [0.3, 0.4) is 0 Å². The van der Waals surface area contributed by atoms with Gasteiger partial charge < -0.3 is 9.30 Å². The largest absolute Gasteiger partial charge is 0.358 e. The van der Waals surface area contributed by atoms with Crippen molar-refractivity contribution >= 4 is 36.9 Å². The Morgan fingerprint density at radius 2 is 1.89 bits per heavy atom. The van der Waals surface area contributed by atoms with Gasteiger partial charge in [0, 0.05) is 40.7 Å². The number of ether oxygens (including phenoxy) is 1. The predicted molar refractivity (Wildman–Crippen MR) is 124 cm³/mol. The van der Waals surface area contributed by atoms with E-state index in [-0.39, 0.29) is 0 Å². The molecule has 0 unspecified atom stereocenters. The van der Waals surface area contributed by atoms with Crippen molar-refractivity contribution in [3.8, 4) is 11.1 Å². The molecule has 0 atom stereocenters. The summed E-state index contributed by atoms with van der Waals surface area (Å²) < 4.78 is 10.9. The minimum atomic E-state index is -0.523. The quantitative estimate of drug-likeness (QED) is 0.300. The second-order valence-corrected chi connectivity index (χ2v) is 13.4. The standard InChI is InChI=1S/C21H31BrN4OS/c1-6-17(7-2)26-14-19(18-10-21(22)23-12-20(18)26)16-11-24-25(13-16)15-27-8-9-28(3,4)5/h10-14,17H,6-9,15H2,1-5H3. The van der Waals surface area contributed by atoms with E-state index >= 15 is 0 Å². The van der Waals surface area contributed by atoms with E-state index in [2.05, 4.69) is 81.7 Å². The maximum atomic E-state index is 5.83. The number of rotatable bonds is 9. The fraction of sp³-hybridized carbons (Fsp3) is 0.524. The summed E-state index contributed by atoms with van der Waals surface area (Å²) in [5, 5.41) is 5.71. The smallest absolute Gasteiger partial charge is 0.139 e. The SMILES string of the molecule is CCC(CC)n1cc(-c2cnn(COCCS(C)(C)C)c2)c2cc(Br)ncc21. The summed E-state index contributed by atoms with van der Waals surface area (Å²) in [5.41, 5.74) is 3.47. The van der Waals surface area contributed by atoms with Crippen LogP contribution in [0.5, 0.6) is 0 Å². The molecule has 0 radical (unpaired) electrons. The van der Waals surface area contributed by atoms with Gasteiger partial charge in [0.25, 0.3) is 0 Å². The van der Waals surface area contributed by atoms with Crippen molar-refractivity contribution in [2.45, 2.75) is 39.5 Å². The third-order valence-electron chi connectivity index (χ3n) is 5.03. The molecule has 0 aromatic carbocycles. The minimum Gasteiger partial charge on any atom is -0.358 e. The highest BCUT2D eigenvalue weighted by Gasteiger charge is 2.17. The Bertz CT molecular complexity index is 924. The Morgan fingerprint density at radius 3 is 2.57 bits per heavy atom. The summed E-state index contributed by atoms with van der Waals surface area (Å²) in [4.78, 5) is 4.46. The van der Waals surface area contributed by atoms with Crippen molar-refractivity contribution in [3.63, 3.8) is 0 Å². The third-order valence-corrected chi connectivity index (χ3v) is 6.85. The third kappa shape index (κ3) is 4.99. The highest BCUT2D eigenvalue weighted by molar-refractivity contribution is 9.10. The van der Waals surface area contributed by atoms with Crippen LogP contribution in [0.2, 0.25) is 0 Å². The molecule has 28 heavy (non-hydrogen) atoms. The van der Waals surface area contributed by atoms with Crippen molar-refractivity contribution in [1.82, 2.24) is 19.3 Å². The summed E-state index contributed by atoms with van der Waals surface area (Å²) >= 11 is 3.52. The average Bonchev–Trinajstić information content (AvgIpc) is 3.24. The molecule has 3 rings (SSSR count). The van der Waals surface area contributed by atoms with Crippen molar-refractivity contribution in [1.29, 1.82) is 0 Å². The average molecular weight is 467 g/mol. The van der Waals surface area contributed by atoms with Crippen LogP contribution in [0.25, 0.3) is 22.0 Å². The van der Waals surface area contributed by atoms with Gasteiger partial charge in [0.2, 0.25) is 0 Å². The highest BCUT2D eigenvalue weighted by Crippen LogP contribution is 2.35. The number of aromatic nitrogens is 4. The Kier molecular flexibility index (Phi) is 6.89. The van der Waals surface area contributed by atoms with Gasteiger partial charge in [0.05, 0.1) is 24.5 Å². The highest BCUT2D eigenvalue weighted by atomic mass is 79.9. The molecule has 0 saturated carbocycles. The second-order valence-electron chi connectivity index (χ2n) is 8.05. The lowest BCUT2D eigenvalue weighted by atomic mass is 10.1. The topological polar surface area (TPSA) is 44.9 Å². The molecule has 0 aliphatic rings. The maximum Gasteiger partial charge on any atom is 0.139 e. The van der Waals surface area contributed by atoms with E-state index < -0.39 is 10.0 Å². The zero-order chi connectivity index (χ0) is 20.3. The zero-order valence-corrected chi connectivity index (χ0v) is 19.9. The predicted octanol–water partition coefficient (Wildman–Crippen LogP) is 5.69. The van der Waals surface area contributed by atoms with Crippen molar-refractivity contribution in [3.05, 3.63) is 35.5 Å². The van der Waals surface area contributed by atoms with Crippen molar-refractivity contribution in [2.24, 2.45) is 0 Å². The van der Waals surface area contributed by atoms with Crippen LogP contribution < -0.4 is 0 Å². The molecule has 0 aliphatic carbocycles. The number of hydrogen-bond donors (Lipinski definition) is 0. The Morgan fingerprint density at radius 1 is 1.14 bits per heavy atom. The molecule has 0 saturated heterocycles. The fourth-order valence-electron chi connectivity index (χ4n) is 3.38. The van der Waals surface area contributed by atoms with Crippen LogP contribution in [0.1, 0.15) is 32.7 Å². The summed E-state index contributed by atoms with van der Waals surface area (Å²) in [6.45, 7) is 5.74. The molecule has 0 fully saturated rings. The van der Waals surface area contributed by atoms with E-state index in [1.807, 2.05) is 17.1 Å². The minimum absolute atomic E-state index is 0.470.